The highest BCUT2D eigenvalue weighted by Gasteiger charge is 2.08. The van der Waals surface area contributed by atoms with Gasteiger partial charge in [-0.2, -0.15) is 0 Å². The number of carbonyl (C=O) groups is 1. The Morgan fingerprint density at radius 3 is 2.53 bits per heavy atom. The summed E-state index contributed by atoms with van der Waals surface area (Å²) in [5.41, 5.74) is 0.520. The first-order chi connectivity index (χ1) is 8.79. The highest BCUT2D eigenvalue weighted by Crippen LogP contribution is 2.06. The number of hydrogen-bond acceptors (Lipinski definition) is 5. The van der Waals surface area contributed by atoms with Crippen molar-refractivity contribution in [3.8, 4) is 0 Å². The number of nitrogens with one attached hydrogen (secondary N) is 1. The first-order valence-corrected chi connectivity index (χ1v) is 7.95. The van der Waals surface area contributed by atoms with E-state index in [0.717, 1.165) is 0 Å². The molecule has 0 aliphatic rings. The molecular weight excluding hydrogens is 266 g/mol. The summed E-state index contributed by atoms with van der Waals surface area (Å²) in [5, 5.41) is 3.01. The standard InChI is InChI=1S/C12H19N3O3S/c1-15(2)12(16)10-5-6-11(14-9-10)13-7-4-8-19(3,17)18/h5-6,9H,4,7-8H2,1-3H3,(H,13,14). The third-order valence-corrected chi connectivity index (χ3v) is 3.44. The van der Waals surface area contributed by atoms with Crippen molar-refractivity contribution < 1.29 is 13.2 Å². The molecule has 1 heterocycles. The van der Waals surface area contributed by atoms with E-state index in [1.165, 1.54) is 17.4 Å². The third kappa shape index (κ3) is 5.69. The molecule has 106 valence electrons. The molecule has 1 aromatic heterocycles. The van der Waals surface area contributed by atoms with Gasteiger partial charge in [-0.15, -0.1) is 0 Å². The van der Waals surface area contributed by atoms with Crippen LogP contribution in [0.15, 0.2) is 18.3 Å². The summed E-state index contributed by atoms with van der Waals surface area (Å²) < 4.78 is 21.9. The molecule has 7 heteroatoms. The van der Waals surface area contributed by atoms with Crippen LogP contribution < -0.4 is 5.32 Å². The van der Waals surface area contributed by atoms with Crippen LogP contribution in [0, 0.1) is 0 Å². The summed E-state index contributed by atoms with van der Waals surface area (Å²) >= 11 is 0. The van der Waals surface area contributed by atoms with Crippen molar-refractivity contribution in [2.45, 2.75) is 6.42 Å². The largest absolute Gasteiger partial charge is 0.370 e. The zero-order valence-corrected chi connectivity index (χ0v) is 12.2. The van der Waals surface area contributed by atoms with Crippen LogP contribution >= 0.6 is 0 Å². The number of hydrogen-bond donors (Lipinski definition) is 1. The lowest BCUT2D eigenvalue weighted by Gasteiger charge is -2.10. The van der Waals surface area contributed by atoms with Gasteiger partial charge in [-0.3, -0.25) is 4.79 Å². The third-order valence-electron chi connectivity index (χ3n) is 2.41. The van der Waals surface area contributed by atoms with Crippen molar-refractivity contribution in [3.05, 3.63) is 23.9 Å². The van der Waals surface area contributed by atoms with Gasteiger partial charge in [-0.1, -0.05) is 0 Å². The maximum Gasteiger partial charge on any atom is 0.254 e. The lowest BCUT2D eigenvalue weighted by Crippen LogP contribution is -2.21. The van der Waals surface area contributed by atoms with Gasteiger partial charge >= 0.3 is 0 Å². The lowest BCUT2D eigenvalue weighted by molar-refractivity contribution is 0.0827. The summed E-state index contributed by atoms with van der Waals surface area (Å²) in [6.07, 6.45) is 3.24. The molecule has 0 saturated heterocycles. The fraction of sp³-hybridized carbons (Fsp3) is 0.500. The average Bonchev–Trinajstić information content (AvgIpc) is 2.33. The van der Waals surface area contributed by atoms with E-state index in [1.807, 2.05) is 0 Å². The van der Waals surface area contributed by atoms with Crippen molar-refractivity contribution in [2.75, 3.05) is 38.0 Å². The fourth-order valence-electron chi connectivity index (χ4n) is 1.43. The van der Waals surface area contributed by atoms with Crippen molar-refractivity contribution in [2.24, 2.45) is 0 Å². The first kappa shape index (κ1) is 15.4. The highest BCUT2D eigenvalue weighted by atomic mass is 32.2. The zero-order chi connectivity index (χ0) is 14.5. The van der Waals surface area contributed by atoms with Gasteiger partial charge in [0.25, 0.3) is 5.91 Å². The summed E-state index contributed by atoms with van der Waals surface area (Å²) in [6, 6.07) is 3.39. The van der Waals surface area contributed by atoms with Crippen LogP contribution in [-0.4, -0.2) is 56.9 Å². The minimum atomic E-state index is -2.92. The molecule has 1 N–H and O–H groups in total. The van der Waals surface area contributed by atoms with Gasteiger partial charge in [0, 0.05) is 33.1 Å². The molecule has 6 nitrogen and oxygen atoms in total. The monoisotopic (exact) mass is 285 g/mol. The summed E-state index contributed by atoms with van der Waals surface area (Å²) in [6.45, 7) is 0.529. The van der Waals surface area contributed by atoms with Gasteiger partial charge in [-0.05, 0) is 18.6 Å². The van der Waals surface area contributed by atoms with Gasteiger partial charge < -0.3 is 10.2 Å². The predicted octanol–water partition coefficient (Wildman–Crippen LogP) is 0.630. The second-order valence-corrected chi connectivity index (χ2v) is 6.80. The minimum absolute atomic E-state index is 0.101. The van der Waals surface area contributed by atoms with Crippen molar-refractivity contribution in [1.82, 2.24) is 9.88 Å². The Kier molecular flexibility index (Phi) is 5.29. The quantitative estimate of drug-likeness (QED) is 0.776. The van der Waals surface area contributed by atoms with Crippen LogP contribution in [0.2, 0.25) is 0 Å². The number of aromatic nitrogens is 1. The summed E-state index contributed by atoms with van der Waals surface area (Å²) in [5.74, 6) is 0.678. The van der Waals surface area contributed by atoms with E-state index in [2.05, 4.69) is 10.3 Å². The normalized spacial score (nSPS) is 11.1. The molecule has 0 spiro atoms. The summed E-state index contributed by atoms with van der Waals surface area (Å²) in [7, 11) is 0.444. The second-order valence-electron chi connectivity index (χ2n) is 4.54. The predicted molar refractivity (Wildman–Crippen MR) is 75.1 cm³/mol. The molecule has 0 atom stereocenters. The molecule has 0 saturated carbocycles. The van der Waals surface area contributed by atoms with E-state index in [-0.39, 0.29) is 11.7 Å². The van der Waals surface area contributed by atoms with E-state index in [9.17, 15) is 13.2 Å². The van der Waals surface area contributed by atoms with Gasteiger partial charge in [0.1, 0.15) is 15.7 Å². The molecule has 1 aromatic rings. The average molecular weight is 285 g/mol. The van der Waals surface area contributed by atoms with Crippen LogP contribution in [0.3, 0.4) is 0 Å². The molecule has 0 unspecified atom stereocenters. The SMILES string of the molecule is CN(C)C(=O)c1ccc(NCCCS(C)(=O)=O)nc1. The maximum atomic E-state index is 11.6. The maximum absolute atomic E-state index is 11.6. The zero-order valence-electron chi connectivity index (χ0n) is 11.4. The van der Waals surface area contributed by atoms with Gasteiger partial charge in [0.2, 0.25) is 0 Å². The van der Waals surface area contributed by atoms with E-state index in [4.69, 9.17) is 0 Å². The number of amides is 1. The van der Waals surface area contributed by atoms with Crippen LogP contribution in [0.25, 0.3) is 0 Å². The molecule has 0 aliphatic heterocycles. The number of sulfone groups is 1. The molecule has 0 radical (unpaired) electrons. The molecule has 0 aliphatic carbocycles. The number of anilines is 1. The van der Waals surface area contributed by atoms with E-state index >= 15 is 0 Å². The van der Waals surface area contributed by atoms with Crippen LogP contribution in [0.1, 0.15) is 16.8 Å². The number of pyridine rings is 1. The number of carbonyl (C=O) groups excluding carboxylic acids is 1. The molecular formula is C12H19N3O3S. The second kappa shape index (κ2) is 6.51. The van der Waals surface area contributed by atoms with Gasteiger partial charge in [0.05, 0.1) is 11.3 Å². The van der Waals surface area contributed by atoms with E-state index in [0.29, 0.717) is 24.3 Å². The number of rotatable bonds is 6. The van der Waals surface area contributed by atoms with Crippen LogP contribution in [0.5, 0.6) is 0 Å². The van der Waals surface area contributed by atoms with Gasteiger partial charge in [-0.25, -0.2) is 13.4 Å². The Morgan fingerprint density at radius 2 is 2.05 bits per heavy atom. The Bertz CT molecular complexity index is 524. The lowest BCUT2D eigenvalue weighted by atomic mass is 10.2. The Morgan fingerprint density at radius 1 is 1.37 bits per heavy atom. The summed E-state index contributed by atoms with van der Waals surface area (Å²) in [4.78, 5) is 17.2. The Balaban J connectivity index is 2.47. The Hall–Kier alpha value is -1.63. The van der Waals surface area contributed by atoms with Crippen molar-refractivity contribution >= 4 is 21.6 Å². The molecule has 1 rings (SSSR count). The van der Waals surface area contributed by atoms with Crippen molar-refractivity contribution in [3.63, 3.8) is 0 Å². The van der Waals surface area contributed by atoms with Crippen molar-refractivity contribution in [1.29, 1.82) is 0 Å². The van der Waals surface area contributed by atoms with Gasteiger partial charge in [0.15, 0.2) is 0 Å². The van der Waals surface area contributed by atoms with Crippen LogP contribution in [0.4, 0.5) is 5.82 Å². The molecule has 0 fully saturated rings. The molecule has 0 aromatic carbocycles. The van der Waals surface area contributed by atoms with E-state index in [1.54, 1.807) is 26.2 Å². The molecule has 0 bridgehead atoms. The smallest absolute Gasteiger partial charge is 0.254 e. The van der Waals surface area contributed by atoms with Crippen LogP contribution in [-0.2, 0) is 9.84 Å². The molecule has 1 amide bonds. The topological polar surface area (TPSA) is 79.4 Å². The molecule has 19 heavy (non-hydrogen) atoms. The fourth-order valence-corrected chi connectivity index (χ4v) is 2.10. The Labute approximate surface area is 113 Å². The minimum Gasteiger partial charge on any atom is -0.370 e. The number of nitrogens with zero attached hydrogens (tertiary/aromatic N) is 2. The van der Waals surface area contributed by atoms with E-state index < -0.39 is 9.84 Å². The first-order valence-electron chi connectivity index (χ1n) is 5.89. The highest BCUT2D eigenvalue weighted by molar-refractivity contribution is 7.90.